The second-order valence-electron chi connectivity index (χ2n) is 7.61. The van der Waals surface area contributed by atoms with Crippen LogP contribution >= 0.6 is 0 Å². The van der Waals surface area contributed by atoms with Crippen LogP contribution in [0.25, 0.3) is 0 Å². The number of amides is 1. The number of carbonyl (C=O) groups excluding carboxylic acids is 1. The Balaban J connectivity index is 1.40. The Hall–Kier alpha value is -3.75. The largest absolute Gasteiger partial charge is 0.438 e. The van der Waals surface area contributed by atoms with Crippen LogP contribution < -0.4 is 15.0 Å². The average molecular weight is 434 g/mol. The number of anilines is 2. The Morgan fingerprint density at radius 3 is 2.56 bits per heavy atom. The molecule has 0 aliphatic carbocycles. The highest BCUT2D eigenvalue weighted by Crippen LogP contribution is 2.22. The molecule has 1 aromatic carbocycles. The topological polar surface area (TPSA) is 96.4 Å². The van der Waals surface area contributed by atoms with Gasteiger partial charge in [-0.1, -0.05) is 6.07 Å². The lowest BCUT2D eigenvalue weighted by molar-refractivity contribution is 0.0746. The molecular formula is C23H27N7O2. The van der Waals surface area contributed by atoms with E-state index in [0.717, 1.165) is 29.7 Å². The Morgan fingerprint density at radius 2 is 1.84 bits per heavy atom. The van der Waals surface area contributed by atoms with E-state index in [2.05, 4.69) is 30.4 Å². The molecule has 0 unspecified atom stereocenters. The lowest BCUT2D eigenvalue weighted by Gasteiger charge is -2.35. The van der Waals surface area contributed by atoms with E-state index in [-0.39, 0.29) is 5.91 Å². The fourth-order valence-electron chi connectivity index (χ4n) is 3.56. The zero-order chi connectivity index (χ0) is 22.5. The van der Waals surface area contributed by atoms with Crippen molar-refractivity contribution in [2.75, 3.05) is 42.9 Å². The molecule has 0 atom stereocenters. The molecule has 0 saturated carbocycles. The monoisotopic (exact) mass is 433 g/mol. The minimum absolute atomic E-state index is 0.0164. The van der Waals surface area contributed by atoms with Crippen LogP contribution in [0.3, 0.4) is 0 Å². The molecule has 1 N–H and O–H groups in total. The quantitative estimate of drug-likeness (QED) is 0.634. The van der Waals surface area contributed by atoms with Crippen molar-refractivity contribution in [2.24, 2.45) is 0 Å². The van der Waals surface area contributed by atoms with Crippen LogP contribution in [0, 0.1) is 13.8 Å². The van der Waals surface area contributed by atoms with Crippen molar-refractivity contribution in [1.29, 1.82) is 0 Å². The molecule has 1 fully saturated rings. The minimum Gasteiger partial charge on any atom is -0.438 e. The number of nitrogens with zero attached hydrogens (tertiary/aromatic N) is 6. The summed E-state index contributed by atoms with van der Waals surface area (Å²) >= 11 is 0. The molecule has 32 heavy (non-hydrogen) atoms. The fourth-order valence-corrected chi connectivity index (χ4v) is 3.56. The second-order valence-corrected chi connectivity index (χ2v) is 7.61. The molecule has 9 nitrogen and oxygen atoms in total. The highest BCUT2D eigenvalue weighted by atomic mass is 16.5. The molecule has 2 aromatic heterocycles. The molecule has 0 bridgehead atoms. The van der Waals surface area contributed by atoms with Gasteiger partial charge in [0.1, 0.15) is 23.2 Å². The van der Waals surface area contributed by atoms with Gasteiger partial charge >= 0.3 is 0 Å². The maximum Gasteiger partial charge on any atom is 0.254 e. The molecule has 0 radical (unpaired) electrons. The molecule has 1 aliphatic heterocycles. The molecule has 4 rings (SSSR count). The van der Waals surface area contributed by atoms with Crippen molar-refractivity contribution in [3.8, 4) is 11.6 Å². The third-order valence-corrected chi connectivity index (χ3v) is 5.15. The lowest BCUT2D eigenvalue weighted by Crippen LogP contribution is -2.49. The molecule has 9 heteroatoms. The highest BCUT2D eigenvalue weighted by Gasteiger charge is 2.23. The average Bonchev–Trinajstić information content (AvgIpc) is 2.80. The van der Waals surface area contributed by atoms with Crippen molar-refractivity contribution in [2.45, 2.75) is 20.8 Å². The SMILES string of the molecule is CCNc1cc(N2CCN(C(=O)c3cccc(Oc4ccc(C)nn4)c3)CC2)nc(C)n1. The maximum atomic E-state index is 13.1. The summed E-state index contributed by atoms with van der Waals surface area (Å²) in [5.74, 6) is 3.37. The number of ether oxygens (including phenoxy) is 1. The Labute approximate surface area is 187 Å². The number of benzene rings is 1. The normalized spacial score (nSPS) is 13.7. The van der Waals surface area contributed by atoms with Crippen molar-refractivity contribution >= 4 is 17.5 Å². The van der Waals surface area contributed by atoms with E-state index in [9.17, 15) is 4.79 Å². The smallest absolute Gasteiger partial charge is 0.254 e. The maximum absolute atomic E-state index is 13.1. The van der Waals surface area contributed by atoms with Gasteiger partial charge < -0.3 is 19.9 Å². The Kier molecular flexibility index (Phi) is 6.44. The fraction of sp³-hybridized carbons (Fsp3) is 0.348. The van der Waals surface area contributed by atoms with Gasteiger partial charge in [0.25, 0.3) is 5.91 Å². The van der Waals surface area contributed by atoms with Gasteiger partial charge in [-0.25, -0.2) is 9.97 Å². The van der Waals surface area contributed by atoms with E-state index in [0.29, 0.717) is 43.4 Å². The van der Waals surface area contributed by atoms with Crippen LogP contribution in [0.15, 0.2) is 42.5 Å². The number of rotatable bonds is 6. The van der Waals surface area contributed by atoms with Gasteiger partial charge in [0.2, 0.25) is 5.88 Å². The van der Waals surface area contributed by atoms with Gasteiger partial charge in [0, 0.05) is 50.4 Å². The van der Waals surface area contributed by atoms with Crippen LogP contribution in [-0.4, -0.2) is 63.7 Å². The van der Waals surface area contributed by atoms with Crippen LogP contribution in [0.5, 0.6) is 11.6 Å². The summed E-state index contributed by atoms with van der Waals surface area (Å²) in [4.78, 5) is 26.1. The predicted molar refractivity (Wildman–Crippen MR) is 122 cm³/mol. The number of carbonyl (C=O) groups is 1. The zero-order valence-electron chi connectivity index (χ0n) is 18.6. The van der Waals surface area contributed by atoms with Gasteiger partial charge in [0.05, 0.1) is 5.69 Å². The summed E-state index contributed by atoms with van der Waals surface area (Å²) < 4.78 is 5.76. The molecule has 3 heterocycles. The van der Waals surface area contributed by atoms with Crippen LogP contribution in [0.4, 0.5) is 11.6 Å². The van der Waals surface area contributed by atoms with E-state index >= 15 is 0 Å². The summed E-state index contributed by atoms with van der Waals surface area (Å²) in [6.45, 7) is 9.25. The van der Waals surface area contributed by atoms with Gasteiger partial charge in [-0.3, -0.25) is 4.79 Å². The Morgan fingerprint density at radius 1 is 1.03 bits per heavy atom. The molecule has 0 spiro atoms. The number of aromatic nitrogens is 4. The first kappa shape index (κ1) is 21.5. The predicted octanol–water partition coefficient (Wildman–Crippen LogP) is 3.07. The van der Waals surface area contributed by atoms with E-state index < -0.39 is 0 Å². The molecular weight excluding hydrogens is 406 g/mol. The van der Waals surface area contributed by atoms with E-state index in [1.54, 1.807) is 24.3 Å². The number of hydrogen-bond acceptors (Lipinski definition) is 8. The zero-order valence-corrected chi connectivity index (χ0v) is 18.6. The highest BCUT2D eigenvalue weighted by molar-refractivity contribution is 5.94. The van der Waals surface area contributed by atoms with E-state index in [1.807, 2.05) is 43.9 Å². The van der Waals surface area contributed by atoms with Gasteiger partial charge in [-0.05, 0) is 45.0 Å². The van der Waals surface area contributed by atoms with Gasteiger partial charge in [-0.15, -0.1) is 5.10 Å². The van der Waals surface area contributed by atoms with Crippen LogP contribution in [0.2, 0.25) is 0 Å². The molecule has 1 amide bonds. The van der Waals surface area contributed by atoms with Gasteiger partial charge in [0.15, 0.2) is 0 Å². The van der Waals surface area contributed by atoms with Gasteiger partial charge in [-0.2, -0.15) is 5.10 Å². The van der Waals surface area contributed by atoms with E-state index in [1.165, 1.54) is 0 Å². The van der Waals surface area contributed by atoms with Crippen LogP contribution in [-0.2, 0) is 0 Å². The number of piperazine rings is 1. The first-order valence-electron chi connectivity index (χ1n) is 10.7. The minimum atomic E-state index is -0.0164. The molecule has 3 aromatic rings. The van der Waals surface area contributed by atoms with Crippen molar-refractivity contribution in [3.63, 3.8) is 0 Å². The molecule has 1 saturated heterocycles. The summed E-state index contributed by atoms with van der Waals surface area (Å²) in [5.41, 5.74) is 1.40. The third kappa shape index (κ3) is 5.11. The number of nitrogens with one attached hydrogen (secondary N) is 1. The van der Waals surface area contributed by atoms with Crippen molar-refractivity contribution in [3.05, 3.63) is 59.5 Å². The number of hydrogen-bond donors (Lipinski definition) is 1. The molecule has 166 valence electrons. The van der Waals surface area contributed by atoms with E-state index in [4.69, 9.17) is 4.74 Å². The first-order chi connectivity index (χ1) is 15.5. The second kappa shape index (κ2) is 9.59. The van der Waals surface area contributed by atoms with Crippen molar-refractivity contribution < 1.29 is 9.53 Å². The first-order valence-corrected chi connectivity index (χ1v) is 10.7. The summed E-state index contributed by atoms with van der Waals surface area (Å²) in [6, 6.07) is 12.7. The molecule has 1 aliphatic rings. The summed E-state index contributed by atoms with van der Waals surface area (Å²) in [5, 5.41) is 11.2. The van der Waals surface area contributed by atoms with Crippen LogP contribution in [0.1, 0.15) is 28.8 Å². The number of aryl methyl sites for hydroxylation is 2. The van der Waals surface area contributed by atoms with Crippen molar-refractivity contribution in [1.82, 2.24) is 25.1 Å². The standard InChI is InChI=1S/C23H27N7O2/c1-4-24-20-15-21(26-17(3)25-20)29-10-12-30(13-11-29)23(31)18-6-5-7-19(14-18)32-22-9-8-16(2)27-28-22/h5-9,14-15H,4,10-13H2,1-3H3,(H,24,25,26). The third-order valence-electron chi connectivity index (χ3n) is 5.15. The summed E-state index contributed by atoms with van der Waals surface area (Å²) in [6.07, 6.45) is 0. The Bertz CT molecular complexity index is 1080. The lowest BCUT2D eigenvalue weighted by atomic mass is 10.1. The summed E-state index contributed by atoms with van der Waals surface area (Å²) in [7, 11) is 0.